The highest BCUT2D eigenvalue weighted by Crippen LogP contribution is 2.25. The number of carbonyl (C=O) groups excluding carboxylic acids is 2. The summed E-state index contributed by atoms with van der Waals surface area (Å²) in [6, 6.07) is 9.65. The summed E-state index contributed by atoms with van der Waals surface area (Å²) in [7, 11) is 1.39. The van der Waals surface area contributed by atoms with Crippen molar-refractivity contribution in [2.24, 2.45) is 11.8 Å². The molecule has 1 aliphatic rings. The zero-order valence-corrected chi connectivity index (χ0v) is 16.5. The van der Waals surface area contributed by atoms with Crippen molar-refractivity contribution in [3.63, 3.8) is 0 Å². The summed E-state index contributed by atoms with van der Waals surface area (Å²) in [6.45, 7) is 4.26. The number of nitrogens with one attached hydrogen (secondary N) is 2. The second-order valence-electron chi connectivity index (χ2n) is 6.91. The first kappa shape index (κ1) is 22.5. The van der Waals surface area contributed by atoms with Crippen LogP contribution in [0.4, 0.5) is 0 Å². The molecule has 0 aliphatic carbocycles. The number of rotatable bonds is 8. The summed E-state index contributed by atoms with van der Waals surface area (Å²) in [5.74, 6) is 0.791. The molecule has 2 rings (SSSR count). The maximum Gasteiger partial charge on any atom is 0.305 e. The monoisotopic (exact) mass is 382 g/mol. The summed E-state index contributed by atoms with van der Waals surface area (Å²) in [6.07, 6.45) is 3.65. The summed E-state index contributed by atoms with van der Waals surface area (Å²) in [5.41, 5.74) is 1.02. The predicted molar refractivity (Wildman–Crippen MR) is 105 cm³/mol. The van der Waals surface area contributed by atoms with Gasteiger partial charge in [0.1, 0.15) is 0 Å². The van der Waals surface area contributed by atoms with Crippen molar-refractivity contribution in [1.82, 2.24) is 10.6 Å². The first-order valence-corrected chi connectivity index (χ1v) is 9.22. The van der Waals surface area contributed by atoms with E-state index in [2.05, 4.69) is 17.6 Å². The predicted octanol–water partition coefficient (Wildman–Crippen LogP) is 3.24. The van der Waals surface area contributed by atoms with Gasteiger partial charge in [-0.05, 0) is 49.8 Å². The van der Waals surface area contributed by atoms with E-state index in [-0.39, 0.29) is 30.3 Å². The van der Waals surface area contributed by atoms with Crippen LogP contribution in [0.5, 0.6) is 0 Å². The topological polar surface area (TPSA) is 67.4 Å². The number of amides is 1. The first-order valence-electron chi connectivity index (χ1n) is 9.22. The highest BCUT2D eigenvalue weighted by Gasteiger charge is 2.23. The Bertz CT molecular complexity index is 547. The van der Waals surface area contributed by atoms with E-state index in [0.717, 1.165) is 31.5 Å². The number of halogens is 1. The number of methoxy groups -OCH3 is 1. The summed E-state index contributed by atoms with van der Waals surface area (Å²) >= 11 is 0. The Hall–Kier alpha value is -1.59. The van der Waals surface area contributed by atoms with Crippen LogP contribution in [0.25, 0.3) is 0 Å². The van der Waals surface area contributed by atoms with E-state index in [1.807, 2.05) is 30.3 Å². The van der Waals surface area contributed by atoms with E-state index >= 15 is 0 Å². The lowest BCUT2D eigenvalue weighted by Crippen LogP contribution is -2.34. The molecule has 26 heavy (non-hydrogen) atoms. The van der Waals surface area contributed by atoms with Gasteiger partial charge in [-0.1, -0.05) is 37.3 Å². The fraction of sp³-hybridized carbons (Fsp3) is 0.600. The van der Waals surface area contributed by atoms with Crippen LogP contribution in [0.15, 0.2) is 30.3 Å². The van der Waals surface area contributed by atoms with E-state index < -0.39 is 0 Å². The molecule has 2 unspecified atom stereocenters. The minimum atomic E-state index is -0.252. The van der Waals surface area contributed by atoms with Gasteiger partial charge in [0.05, 0.1) is 13.2 Å². The van der Waals surface area contributed by atoms with Gasteiger partial charge in [0.15, 0.2) is 0 Å². The van der Waals surface area contributed by atoms with Gasteiger partial charge in [-0.15, -0.1) is 12.4 Å². The third-order valence-corrected chi connectivity index (χ3v) is 5.10. The fourth-order valence-corrected chi connectivity index (χ4v) is 3.50. The van der Waals surface area contributed by atoms with Crippen LogP contribution in [0, 0.1) is 11.8 Å². The average Bonchev–Trinajstić information content (AvgIpc) is 2.66. The molecule has 0 radical (unpaired) electrons. The molecule has 1 aromatic rings. The van der Waals surface area contributed by atoms with Crippen molar-refractivity contribution < 1.29 is 14.3 Å². The smallest absolute Gasteiger partial charge is 0.305 e. The lowest BCUT2D eigenvalue weighted by Gasteiger charge is -2.28. The van der Waals surface area contributed by atoms with E-state index in [1.54, 1.807) is 0 Å². The van der Waals surface area contributed by atoms with Gasteiger partial charge >= 0.3 is 5.97 Å². The summed E-state index contributed by atoms with van der Waals surface area (Å²) in [5, 5.41) is 6.49. The molecule has 6 heteroatoms. The maximum absolute atomic E-state index is 12.6. The van der Waals surface area contributed by atoms with Crippen LogP contribution >= 0.6 is 12.4 Å². The van der Waals surface area contributed by atoms with Crippen LogP contribution in [-0.4, -0.2) is 32.1 Å². The van der Waals surface area contributed by atoms with Crippen LogP contribution in [0.2, 0.25) is 0 Å². The highest BCUT2D eigenvalue weighted by atomic mass is 35.5. The Balaban J connectivity index is 0.00000338. The number of hydrogen-bond donors (Lipinski definition) is 2. The molecule has 146 valence electrons. The Labute approximate surface area is 162 Å². The van der Waals surface area contributed by atoms with Crippen LogP contribution in [0.3, 0.4) is 0 Å². The molecule has 2 N–H and O–H groups in total. The van der Waals surface area contributed by atoms with Gasteiger partial charge in [-0.3, -0.25) is 9.59 Å². The quantitative estimate of drug-likeness (QED) is 0.677. The zero-order chi connectivity index (χ0) is 18.1. The number of piperidine rings is 1. The molecular weight excluding hydrogens is 352 g/mol. The Morgan fingerprint density at radius 3 is 2.50 bits per heavy atom. The second-order valence-corrected chi connectivity index (χ2v) is 6.91. The number of benzene rings is 1. The van der Waals surface area contributed by atoms with Gasteiger partial charge in [0, 0.05) is 12.8 Å². The zero-order valence-electron chi connectivity index (χ0n) is 15.7. The number of carbonyl (C=O) groups is 2. The summed E-state index contributed by atoms with van der Waals surface area (Å²) in [4.78, 5) is 24.0. The molecule has 1 saturated heterocycles. The van der Waals surface area contributed by atoms with Crippen molar-refractivity contribution in [2.45, 2.75) is 45.1 Å². The van der Waals surface area contributed by atoms with Crippen LogP contribution in [0.1, 0.15) is 50.6 Å². The molecule has 0 bridgehead atoms. The van der Waals surface area contributed by atoms with E-state index in [0.29, 0.717) is 31.1 Å². The van der Waals surface area contributed by atoms with Crippen molar-refractivity contribution >= 4 is 24.3 Å². The van der Waals surface area contributed by atoms with Gasteiger partial charge in [0.2, 0.25) is 5.91 Å². The Morgan fingerprint density at radius 2 is 1.88 bits per heavy atom. The molecule has 1 fully saturated rings. The molecule has 5 nitrogen and oxygen atoms in total. The Morgan fingerprint density at radius 1 is 1.23 bits per heavy atom. The number of hydrogen-bond acceptors (Lipinski definition) is 4. The van der Waals surface area contributed by atoms with Gasteiger partial charge in [-0.2, -0.15) is 0 Å². The minimum Gasteiger partial charge on any atom is -0.469 e. The molecule has 0 aromatic heterocycles. The lowest BCUT2D eigenvalue weighted by molar-refractivity contribution is -0.141. The van der Waals surface area contributed by atoms with Crippen molar-refractivity contribution in [2.75, 3.05) is 20.2 Å². The SMILES string of the molecule is COC(=O)CCC(NC(=O)CC(C)C1CCNCC1)c1ccccc1.Cl. The number of ether oxygens (including phenoxy) is 1. The van der Waals surface area contributed by atoms with Crippen molar-refractivity contribution in [3.8, 4) is 0 Å². The molecule has 0 saturated carbocycles. The van der Waals surface area contributed by atoms with Crippen LogP contribution in [-0.2, 0) is 14.3 Å². The molecular formula is C20H31ClN2O3. The van der Waals surface area contributed by atoms with Crippen LogP contribution < -0.4 is 10.6 Å². The second kappa shape index (κ2) is 11.9. The molecule has 1 amide bonds. The van der Waals surface area contributed by atoms with E-state index in [4.69, 9.17) is 4.74 Å². The largest absolute Gasteiger partial charge is 0.469 e. The lowest BCUT2D eigenvalue weighted by atomic mass is 9.84. The van der Waals surface area contributed by atoms with Crippen molar-refractivity contribution in [3.05, 3.63) is 35.9 Å². The summed E-state index contributed by atoms with van der Waals surface area (Å²) < 4.78 is 4.73. The molecule has 2 atom stereocenters. The standard InChI is InChI=1S/C20H30N2O3.ClH/c1-15(16-10-12-21-13-11-16)14-19(23)22-18(8-9-20(24)25-2)17-6-4-3-5-7-17;/h3-7,15-16,18,21H,8-14H2,1-2H3,(H,22,23);1H. The molecule has 1 heterocycles. The molecule has 0 spiro atoms. The third kappa shape index (κ3) is 7.34. The first-order chi connectivity index (χ1) is 12.1. The number of esters is 1. The van der Waals surface area contributed by atoms with Gasteiger partial charge < -0.3 is 15.4 Å². The average molecular weight is 383 g/mol. The third-order valence-electron chi connectivity index (χ3n) is 5.10. The van der Waals surface area contributed by atoms with Crippen molar-refractivity contribution in [1.29, 1.82) is 0 Å². The minimum absolute atomic E-state index is 0. The fourth-order valence-electron chi connectivity index (χ4n) is 3.50. The molecule has 1 aliphatic heterocycles. The van der Waals surface area contributed by atoms with E-state index in [9.17, 15) is 9.59 Å². The Kier molecular flexibility index (Phi) is 10.3. The molecule has 1 aromatic carbocycles. The van der Waals surface area contributed by atoms with Gasteiger partial charge in [0.25, 0.3) is 0 Å². The maximum atomic E-state index is 12.6. The van der Waals surface area contributed by atoms with E-state index in [1.165, 1.54) is 7.11 Å². The highest BCUT2D eigenvalue weighted by molar-refractivity contribution is 5.85. The van der Waals surface area contributed by atoms with Gasteiger partial charge in [-0.25, -0.2) is 0 Å². The normalized spacial score (nSPS) is 16.8.